The van der Waals surface area contributed by atoms with E-state index >= 15 is 0 Å². The topological polar surface area (TPSA) is 77.5 Å². The Morgan fingerprint density at radius 1 is 1.03 bits per heavy atom. The van der Waals surface area contributed by atoms with Gasteiger partial charge in [0.25, 0.3) is 0 Å². The molecule has 0 saturated carbocycles. The Labute approximate surface area is 197 Å². The zero-order valence-corrected chi connectivity index (χ0v) is 21.2. The number of nitrogens with zero attached hydrogens (tertiary/aromatic N) is 2. The van der Waals surface area contributed by atoms with Crippen LogP contribution in [0.3, 0.4) is 0 Å². The number of rotatable bonds is 4. The lowest BCUT2D eigenvalue weighted by Gasteiger charge is -2.37. The monoisotopic (exact) mass is 460 g/mol. The van der Waals surface area contributed by atoms with Gasteiger partial charge in [0.1, 0.15) is 5.60 Å². The summed E-state index contributed by atoms with van der Waals surface area (Å²) in [5.74, 6) is -0.310. The van der Waals surface area contributed by atoms with Gasteiger partial charge in [0, 0.05) is 31.9 Å². The van der Waals surface area contributed by atoms with Crippen LogP contribution in [0, 0.1) is 0 Å². The summed E-state index contributed by atoms with van der Waals surface area (Å²) in [4.78, 5) is 28.5. The van der Waals surface area contributed by atoms with E-state index in [1.54, 1.807) is 4.90 Å². The van der Waals surface area contributed by atoms with E-state index in [0.29, 0.717) is 26.2 Å². The summed E-state index contributed by atoms with van der Waals surface area (Å²) in [5, 5.41) is 0. The van der Waals surface area contributed by atoms with Crippen molar-refractivity contribution in [2.24, 2.45) is 0 Å². The molecule has 2 heterocycles. The van der Waals surface area contributed by atoms with Crippen LogP contribution in [0.25, 0.3) is 0 Å². The summed E-state index contributed by atoms with van der Waals surface area (Å²) in [6, 6.07) is 5.95. The van der Waals surface area contributed by atoms with Gasteiger partial charge in [-0.3, -0.25) is 4.79 Å². The van der Waals surface area contributed by atoms with Gasteiger partial charge in [-0.1, -0.05) is 12.1 Å². The van der Waals surface area contributed by atoms with Crippen molar-refractivity contribution in [3.8, 4) is 0 Å². The third-order valence-electron chi connectivity index (χ3n) is 6.46. The van der Waals surface area contributed by atoms with Crippen molar-refractivity contribution in [1.29, 1.82) is 0 Å². The molecule has 0 N–H and O–H groups in total. The van der Waals surface area contributed by atoms with Crippen LogP contribution < -0.4 is 10.4 Å². The summed E-state index contributed by atoms with van der Waals surface area (Å²) >= 11 is 0. The molecule has 9 heteroatoms. The molecule has 2 fully saturated rings. The van der Waals surface area contributed by atoms with E-state index in [1.165, 1.54) is 7.11 Å². The molecule has 1 aromatic carbocycles. The summed E-state index contributed by atoms with van der Waals surface area (Å²) < 4.78 is 22.8. The van der Waals surface area contributed by atoms with Crippen molar-refractivity contribution in [2.45, 2.75) is 71.7 Å². The number of methoxy groups -OCH3 is 1. The zero-order valence-electron chi connectivity index (χ0n) is 21.2. The number of hydrogen-bond acceptors (Lipinski definition) is 7. The maximum Gasteiger partial charge on any atom is 0.494 e. The Bertz CT molecular complexity index is 871. The Balaban J connectivity index is 1.78. The second-order valence-corrected chi connectivity index (χ2v) is 10.7. The minimum atomic E-state index is -0.523. The molecule has 33 heavy (non-hydrogen) atoms. The molecule has 0 bridgehead atoms. The number of carbonyl (C=O) groups excluding carboxylic acids is 2. The van der Waals surface area contributed by atoms with Crippen LogP contribution in [-0.2, 0) is 30.0 Å². The number of hydrogen-bond donors (Lipinski definition) is 0. The average Bonchev–Trinajstić information content (AvgIpc) is 2.94. The quantitative estimate of drug-likeness (QED) is 0.505. The van der Waals surface area contributed by atoms with Crippen LogP contribution in [0.15, 0.2) is 18.2 Å². The molecule has 1 amide bonds. The first-order chi connectivity index (χ1) is 15.2. The van der Waals surface area contributed by atoms with E-state index in [0.717, 1.165) is 16.7 Å². The molecule has 8 nitrogen and oxygen atoms in total. The predicted molar refractivity (Wildman–Crippen MR) is 128 cm³/mol. The molecule has 3 rings (SSSR count). The lowest BCUT2D eigenvalue weighted by atomic mass is 9.78. The van der Waals surface area contributed by atoms with Gasteiger partial charge in [0.05, 0.1) is 24.7 Å². The zero-order chi connectivity index (χ0) is 24.6. The second-order valence-electron chi connectivity index (χ2n) is 10.7. The maximum absolute atomic E-state index is 12.4. The number of esters is 1. The number of benzene rings is 1. The van der Waals surface area contributed by atoms with E-state index in [2.05, 4.69) is 4.90 Å². The van der Waals surface area contributed by atoms with Crippen molar-refractivity contribution in [3.63, 3.8) is 0 Å². The van der Waals surface area contributed by atoms with Crippen molar-refractivity contribution >= 4 is 30.3 Å². The van der Waals surface area contributed by atoms with Gasteiger partial charge in [-0.05, 0) is 65.6 Å². The van der Waals surface area contributed by atoms with Crippen molar-refractivity contribution in [2.75, 3.05) is 38.2 Å². The number of carbonyl (C=O) groups is 2. The van der Waals surface area contributed by atoms with E-state index in [4.69, 9.17) is 18.8 Å². The van der Waals surface area contributed by atoms with Gasteiger partial charge in [0.2, 0.25) is 0 Å². The molecule has 0 spiro atoms. The molecular weight excluding hydrogens is 423 g/mol. The maximum atomic E-state index is 12.4. The van der Waals surface area contributed by atoms with E-state index in [-0.39, 0.29) is 18.5 Å². The summed E-state index contributed by atoms with van der Waals surface area (Å²) in [6.45, 7) is 16.0. The predicted octanol–water partition coefficient (Wildman–Crippen LogP) is 2.76. The van der Waals surface area contributed by atoms with Crippen LogP contribution in [0.4, 0.5) is 10.5 Å². The van der Waals surface area contributed by atoms with E-state index < -0.39 is 23.9 Å². The van der Waals surface area contributed by atoms with Gasteiger partial charge >= 0.3 is 19.2 Å². The SMILES string of the molecule is COC(=O)Cc1cc(B2OC(C)(C)C(C)(C)O2)ccc1N1CCN(C(=O)OC(C)(C)C)CC1. The Hall–Kier alpha value is -2.26. The molecule has 2 saturated heterocycles. The first-order valence-corrected chi connectivity index (χ1v) is 11.5. The highest BCUT2D eigenvalue weighted by Gasteiger charge is 2.51. The molecule has 0 radical (unpaired) electrons. The number of amides is 1. The highest BCUT2D eigenvalue weighted by atomic mass is 16.7. The molecule has 2 aliphatic heterocycles. The summed E-state index contributed by atoms with van der Waals surface area (Å²) in [7, 11) is 0.879. The lowest BCUT2D eigenvalue weighted by Crippen LogP contribution is -2.50. The molecule has 0 aromatic heterocycles. The lowest BCUT2D eigenvalue weighted by molar-refractivity contribution is -0.139. The highest BCUT2D eigenvalue weighted by Crippen LogP contribution is 2.37. The largest absolute Gasteiger partial charge is 0.494 e. The van der Waals surface area contributed by atoms with Crippen LogP contribution >= 0.6 is 0 Å². The van der Waals surface area contributed by atoms with Gasteiger partial charge in [0.15, 0.2) is 0 Å². The van der Waals surface area contributed by atoms with E-state index in [9.17, 15) is 9.59 Å². The standard InChI is InChI=1S/C24H37BN2O6/c1-22(2,3)31-21(29)27-13-11-26(12-14-27)19-10-9-18(15-17(19)16-20(28)30-8)25-32-23(4,5)24(6,7)33-25/h9-10,15H,11-14,16H2,1-8H3. The molecule has 0 atom stereocenters. The first-order valence-electron chi connectivity index (χ1n) is 11.5. The van der Waals surface area contributed by atoms with Gasteiger partial charge in [-0.15, -0.1) is 0 Å². The average molecular weight is 460 g/mol. The van der Waals surface area contributed by atoms with Crippen LogP contribution in [-0.4, -0.2) is 74.2 Å². The molecule has 0 unspecified atom stereocenters. The van der Waals surface area contributed by atoms with Gasteiger partial charge in [-0.2, -0.15) is 0 Å². The molecule has 2 aliphatic rings. The Morgan fingerprint density at radius 2 is 1.61 bits per heavy atom. The molecular formula is C24H37BN2O6. The normalized spacial score (nSPS) is 20.1. The number of piperazine rings is 1. The van der Waals surface area contributed by atoms with Crippen molar-refractivity contribution in [1.82, 2.24) is 4.90 Å². The third-order valence-corrected chi connectivity index (χ3v) is 6.46. The Morgan fingerprint density at radius 3 is 2.12 bits per heavy atom. The second kappa shape index (κ2) is 9.18. The minimum absolute atomic E-state index is 0.144. The fourth-order valence-corrected chi connectivity index (χ4v) is 3.87. The molecule has 0 aliphatic carbocycles. The number of ether oxygens (including phenoxy) is 2. The highest BCUT2D eigenvalue weighted by molar-refractivity contribution is 6.62. The van der Waals surface area contributed by atoms with Crippen LogP contribution in [0.5, 0.6) is 0 Å². The van der Waals surface area contributed by atoms with Crippen LogP contribution in [0.1, 0.15) is 54.0 Å². The van der Waals surface area contributed by atoms with Gasteiger partial charge < -0.3 is 28.6 Å². The smallest absolute Gasteiger partial charge is 0.469 e. The fourth-order valence-electron chi connectivity index (χ4n) is 3.87. The Kier molecular flexibility index (Phi) is 7.06. The molecule has 1 aromatic rings. The van der Waals surface area contributed by atoms with Crippen molar-refractivity contribution in [3.05, 3.63) is 23.8 Å². The third kappa shape index (κ3) is 5.82. The molecule has 182 valence electrons. The summed E-state index contributed by atoms with van der Waals surface area (Å²) in [5.41, 5.74) is 1.24. The minimum Gasteiger partial charge on any atom is -0.469 e. The number of anilines is 1. The van der Waals surface area contributed by atoms with Gasteiger partial charge in [-0.25, -0.2) is 4.79 Å². The van der Waals surface area contributed by atoms with Crippen molar-refractivity contribution < 1.29 is 28.4 Å². The van der Waals surface area contributed by atoms with Crippen LogP contribution in [0.2, 0.25) is 0 Å². The fraction of sp³-hybridized carbons (Fsp3) is 0.667. The van der Waals surface area contributed by atoms with E-state index in [1.807, 2.05) is 66.7 Å². The summed E-state index contributed by atoms with van der Waals surface area (Å²) in [6.07, 6.45) is -0.154. The first kappa shape index (κ1) is 25.4.